The van der Waals surface area contributed by atoms with Crippen LogP contribution in [-0.2, 0) is 21.4 Å². The van der Waals surface area contributed by atoms with Crippen molar-refractivity contribution in [3.8, 4) is 5.75 Å². The van der Waals surface area contributed by atoms with Crippen LogP contribution in [0.25, 0.3) is 0 Å². The summed E-state index contributed by atoms with van der Waals surface area (Å²) in [7, 11) is 1.07. The molecule has 2 aliphatic heterocycles. The van der Waals surface area contributed by atoms with Gasteiger partial charge in [-0.3, -0.25) is 9.59 Å². The first-order valence-electron chi connectivity index (χ1n) is 15.5. The molecule has 2 aliphatic carbocycles. The van der Waals surface area contributed by atoms with Gasteiger partial charge in [-0.25, -0.2) is 0 Å². The van der Waals surface area contributed by atoms with Crippen molar-refractivity contribution in [3.05, 3.63) is 70.3 Å². The predicted molar refractivity (Wildman–Crippen MR) is 177 cm³/mol. The summed E-state index contributed by atoms with van der Waals surface area (Å²) in [5.41, 5.74) is 2.96. The Morgan fingerprint density at radius 2 is 2.05 bits per heavy atom. The van der Waals surface area contributed by atoms with Crippen LogP contribution in [-0.4, -0.2) is 55.7 Å². The average Bonchev–Trinajstić information content (AvgIpc) is 3.14. The number of aryl methyl sites for hydroxylation is 1. The minimum atomic E-state index is -0.956. The number of amides is 1. The summed E-state index contributed by atoms with van der Waals surface area (Å²) in [6, 6.07) is 12.1. The van der Waals surface area contributed by atoms with E-state index in [1.165, 1.54) is 11.1 Å². The lowest BCUT2D eigenvalue weighted by Gasteiger charge is -2.48. The molecule has 1 saturated carbocycles. The predicted octanol–water partition coefficient (Wildman–Crippen LogP) is 6.75. The summed E-state index contributed by atoms with van der Waals surface area (Å²) in [4.78, 5) is 28.7. The number of carbonyl (C=O) groups excluding carboxylic acids is 2. The maximum Gasteiger partial charge on any atom is 0.260 e. The second kappa shape index (κ2) is 12.1. The Kier molecular flexibility index (Phi) is 8.53. The number of allylic oxidation sites excluding steroid dienone is 1. The van der Waals surface area contributed by atoms with Crippen molar-refractivity contribution < 1.29 is 19.1 Å². The van der Waals surface area contributed by atoms with Gasteiger partial charge in [0.2, 0.25) is 0 Å². The molecular weight excluding hydrogens is 580 g/mol. The molecule has 5 unspecified atom stereocenters. The highest BCUT2D eigenvalue weighted by Gasteiger charge is 2.49. The van der Waals surface area contributed by atoms with E-state index in [0.29, 0.717) is 12.2 Å². The van der Waals surface area contributed by atoms with Crippen LogP contribution in [0.2, 0.25) is 5.02 Å². The molecule has 2 heterocycles. The van der Waals surface area contributed by atoms with Crippen molar-refractivity contribution in [3.63, 3.8) is 0 Å². The monoisotopic (exact) mass is 622 g/mol. The fraction of sp³-hybridized carbons (Fsp3) is 0.514. The quantitative estimate of drug-likeness (QED) is 0.228. The van der Waals surface area contributed by atoms with Gasteiger partial charge in [0, 0.05) is 47.4 Å². The van der Waals surface area contributed by atoms with Crippen molar-refractivity contribution in [2.24, 2.45) is 17.8 Å². The van der Waals surface area contributed by atoms with Crippen LogP contribution in [0, 0.1) is 17.8 Å². The molecule has 6 nitrogen and oxygen atoms in total. The van der Waals surface area contributed by atoms with Crippen LogP contribution in [0.5, 0.6) is 5.75 Å². The van der Waals surface area contributed by atoms with Gasteiger partial charge in [-0.2, -0.15) is 0 Å². The maximum absolute atomic E-state index is 13.5. The summed E-state index contributed by atoms with van der Waals surface area (Å²) >= 11 is 6.43. The first kappa shape index (κ1) is 30.4. The molecule has 1 N–H and O–H groups in total. The molecule has 43 heavy (non-hydrogen) atoms. The molecule has 1 spiro atoms. The Morgan fingerprint density at radius 3 is 2.79 bits per heavy atom. The van der Waals surface area contributed by atoms with Crippen molar-refractivity contribution in [2.75, 3.05) is 31.7 Å². The smallest absolute Gasteiger partial charge is 0.260 e. The molecule has 2 aromatic rings. The summed E-state index contributed by atoms with van der Waals surface area (Å²) in [5.74, 6) is 5.58. The summed E-state index contributed by atoms with van der Waals surface area (Å²) in [6.07, 6.45) is 10.9. The number of hydrogen-bond acceptors (Lipinski definition) is 5. The first-order chi connectivity index (χ1) is 20.7. The number of nitrogens with zero attached hydrogens (tertiary/aromatic N) is 1. The van der Waals surface area contributed by atoms with Crippen LogP contribution in [0.1, 0.15) is 67.4 Å². The number of halogens is 1. The first-order valence-corrected chi connectivity index (χ1v) is 17.4. The van der Waals surface area contributed by atoms with Gasteiger partial charge in [-0.1, -0.05) is 54.1 Å². The lowest BCUT2D eigenvalue weighted by molar-refractivity contribution is -0.135. The summed E-state index contributed by atoms with van der Waals surface area (Å²) < 4.78 is 15.8. The Labute approximate surface area is 263 Å². The molecule has 4 aliphatic rings. The minimum Gasteiger partial charge on any atom is -0.490 e. The highest BCUT2D eigenvalue weighted by molar-refractivity contribution is 8.13. The Bertz CT molecular complexity index is 1460. The van der Waals surface area contributed by atoms with E-state index in [9.17, 15) is 9.59 Å². The molecule has 1 fully saturated rings. The van der Waals surface area contributed by atoms with Crippen LogP contribution in [0.4, 0.5) is 5.69 Å². The van der Waals surface area contributed by atoms with Crippen LogP contribution in [0.15, 0.2) is 48.6 Å². The number of nitrogens with one attached hydrogen (secondary N) is 1. The number of hydrogen-bond donors (Lipinski definition) is 1. The molecule has 2 bridgehead atoms. The maximum atomic E-state index is 13.5. The highest BCUT2D eigenvalue weighted by Crippen LogP contribution is 2.48. The fourth-order valence-electron chi connectivity index (χ4n) is 7.65. The van der Waals surface area contributed by atoms with Crippen LogP contribution >= 0.6 is 22.3 Å². The van der Waals surface area contributed by atoms with E-state index < -0.39 is 16.3 Å². The number of ether oxygens (including phenoxy) is 2. The van der Waals surface area contributed by atoms with Gasteiger partial charge in [0.1, 0.15) is 11.4 Å². The molecule has 1 amide bonds. The number of fused-ring (bicyclic) bond motifs is 4. The van der Waals surface area contributed by atoms with E-state index in [0.717, 1.165) is 74.4 Å². The van der Waals surface area contributed by atoms with Gasteiger partial charge < -0.3 is 19.1 Å². The van der Waals surface area contributed by atoms with Gasteiger partial charge in [-0.15, -0.1) is 0 Å². The number of carbonyl (C=O) groups is 2. The second-order valence-electron chi connectivity index (χ2n) is 13.1. The topological polar surface area (TPSA) is 67.9 Å². The SMILES string of the molecule is C=S1NC(=O)c2ccc3c(c2)N(CC2CCC2[C@](C=O)(OC)/C=C/CC(C)C1C)C[C@@]1(CCCc2cc(Cl)ccc21)CO3. The molecule has 8 heteroatoms. The van der Waals surface area contributed by atoms with Crippen molar-refractivity contribution in [1.82, 2.24) is 4.72 Å². The lowest BCUT2D eigenvalue weighted by Crippen LogP contribution is -2.53. The van der Waals surface area contributed by atoms with Gasteiger partial charge in [-0.05, 0) is 97.9 Å². The van der Waals surface area contributed by atoms with Crippen LogP contribution < -0.4 is 14.4 Å². The summed E-state index contributed by atoms with van der Waals surface area (Å²) in [5, 5.41) is 0.920. The van der Waals surface area contributed by atoms with Gasteiger partial charge in [0.15, 0.2) is 6.29 Å². The van der Waals surface area contributed by atoms with Crippen molar-refractivity contribution in [1.29, 1.82) is 0 Å². The molecule has 0 aromatic heterocycles. The standard InChI is InChI=1S/C35H43ClN2O4S/c1-23-7-5-16-35(21-39,41-3)30-12-9-27(30)19-38-20-34(15-6-8-25-17-28(36)11-13-29(25)34)22-42-32-14-10-26(18-31(32)38)33(40)37-43(4)24(23)2/h5,10-11,13-14,16-18,21,23-24,27,30H,4,6-9,12,15,19-20,22H2,1-3H3,(H,37,40)/b16-5+/t23?,24?,27?,30?,34-,35-,43?/m0/s1. The number of anilines is 1. The Balaban J connectivity index is 1.44. The molecule has 7 atom stereocenters. The number of rotatable bonds is 2. The Hall–Kier alpha value is -2.61. The van der Waals surface area contributed by atoms with Crippen molar-refractivity contribution in [2.45, 2.75) is 68.6 Å². The zero-order valence-electron chi connectivity index (χ0n) is 25.4. The Morgan fingerprint density at radius 1 is 1.21 bits per heavy atom. The van der Waals surface area contributed by atoms with Gasteiger partial charge in [0.25, 0.3) is 5.91 Å². The van der Waals surface area contributed by atoms with E-state index in [-0.39, 0.29) is 34.3 Å². The van der Waals surface area contributed by atoms with E-state index in [2.05, 4.69) is 47.5 Å². The molecule has 0 radical (unpaired) electrons. The number of aldehydes is 1. The molecule has 6 rings (SSSR count). The van der Waals surface area contributed by atoms with E-state index >= 15 is 0 Å². The third-order valence-electron chi connectivity index (χ3n) is 10.6. The third-order valence-corrected chi connectivity index (χ3v) is 12.7. The minimum absolute atomic E-state index is 0.0712. The van der Waals surface area contributed by atoms with E-state index in [4.69, 9.17) is 21.1 Å². The zero-order chi connectivity index (χ0) is 30.4. The molecular formula is C35H43ClN2O4S. The van der Waals surface area contributed by atoms with E-state index in [1.807, 2.05) is 30.3 Å². The summed E-state index contributed by atoms with van der Waals surface area (Å²) in [6.45, 7) is 6.36. The average molecular weight is 623 g/mol. The molecule has 230 valence electrons. The number of benzene rings is 2. The van der Waals surface area contributed by atoms with Gasteiger partial charge >= 0.3 is 0 Å². The fourth-order valence-corrected chi connectivity index (χ4v) is 9.06. The lowest BCUT2D eigenvalue weighted by atomic mass is 9.64. The second-order valence-corrected chi connectivity index (χ2v) is 15.3. The zero-order valence-corrected chi connectivity index (χ0v) is 27.0. The third kappa shape index (κ3) is 5.57. The number of methoxy groups -OCH3 is 1. The van der Waals surface area contributed by atoms with Crippen LogP contribution in [0.3, 0.4) is 0 Å². The molecule has 2 aromatic carbocycles. The van der Waals surface area contributed by atoms with Crippen molar-refractivity contribution >= 4 is 46.0 Å². The highest BCUT2D eigenvalue weighted by atomic mass is 35.5. The normalized spacial score (nSPS) is 34.9. The largest absolute Gasteiger partial charge is 0.490 e. The van der Waals surface area contributed by atoms with Gasteiger partial charge in [0.05, 0.1) is 12.3 Å². The molecule has 0 saturated heterocycles. The van der Waals surface area contributed by atoms with E-state index in [1.54, 1.807) is 7.11 Å².